The van der Waals surface area contributed by atoms with Crippen molar-refractivity contribution in [3.63, 3.8) is 0 Å². The standard InChI is InChI=1S/C22H33N3O7/c1-4-7-8-17(19(24)26)25-20(27)16(23)13-14-9-11-15(12-10-14)32-18(21(28)30-5-2)22(29)31-6-3/h9-12,16-18H,4-8,13,23H2,1-3H3,(H2,24,26)(H,25,27)/t16-,17-/m0/s1. The molecule has 5 N–H and O–H groups in total. The number of benzene rings is 1. The van der Waals surface area contributed by atoms with E-state index < -0.39 is 41.9 Å². The van der Waals surface area contributed by atoms with Crippen LogP contribution in [0.2, 0.25) is 0 Å². The van der Waals surface area contributed by atoms with Gasteiger partial charge in [0.2, 0.25) is 11.8 Å². The maximum Gasteiger partial charge on any atom is 0.359 e. The van der Waals surface area contributed by atoms with Crippen molar-refractivity contribution in [1.29, 1.82) is 0 Å². The summed E-state index contributed by atoms with van der Waals surface area (Å²) in [6.07, 6.45) is 0.738. The molecule has 0 bridgehead atoms. The van der Waals surface area contributed by atoms with Crippen molar-refractivity contribution in [3.8, 4) is 5.75 Å². The van der Waals surface area contributed by atoms with Gasteiger partial charge >= 0.3 is 11.9 Å². The molecule has 0 fully saturated rings. The topological polar surface area (TPSA) is 160 Å². The number of carbonyl (C=O) groups is 4. The number of ether oxygens (including phenoxy) is 3. The van der Waals surface area contributed by atoms with Crippen LogP contribution in [0, 0.1) is 0 Å². The number of unbranched alkanes of at least 4 members (excludes halogenated alkanes) is 1. The maximum absolute atomic E-state index is 12.3. The summed E-state index contributed by atoms with van der Waals surface area (Å²) in [5, 5.41) is 2.59. The van der Waals surface area contributed by atoms with Gasteiger partial charge in [0.25, 0.3) is 6.10 Å². The van der Waals surface area contributed by atoms with Crippen LogP contribution in [0.25, 0.3) is 0 Å². The number of nitrogens with two attached hydrogens (primary N) is 2. The number of esters is 2. The molecule has 0 spiro atoms. The average molecular weight is 452 g/mol. The first-order valence-electron chi connectivity index (χ1n) is 10.7. The van der Waals surface area contributed by atoms with E-state index in [9.17, 15) is 19.2 Å². The van der Waals surface area contributed by atoms with Gasteiger partial charge in [-0.15, -0.1) is 0 Å². The number of hydrogen-bond donors (Lipinski definition) is 3. The summed E-state index contributed by atoms with van der Waals surface area (Å²) in [6, 6.07) is 4.73. The number of primary amides is 1. The van der Waals surface area contributed by atoms with Crippen LogP contribution in [0.5, 0.6) is 5.75 Å². The molecule has 0 aromatic heterocycles. The van der Waals surface area contributed by atoms with Gasteiger partial charge in [0, 0.05) is 0 Å². The first kappa shape index (κ1) is 26.9. The molecule has 10 heteroatoms. The Hall–Kier alpha value is -3.14. The van der Waals surface area contributed by atoms with Crippen molar-refractivity contribution in [2.45, 2.75) is 64.6 Å². The third-order valence-electron chi connectivity index (χ3n) is 4.48. The van der Waals surface area contributed by atoms with E-state index in [0.29, 0.717) is 12.0 Å². The van der Waals surface area contributed by atoms with Gasteiger partial charge in [-0.2, -0.15) is 0 Å². The quantitative estimate of drug-likeness (QED) is 0.274. The predicted molar refractivity (Wildman–Crippen MR) is 116 cm³/mol. The zero-order chi connectivity index (χ0) is 24.1. The Morgan fingerprint density at radius 1 is 0.969 bits per heavy atom. The molecule has 0 unspecified atom stereocenters. The molecular formula is C22H33N3O7. The molecule has 0 saturated heterocycles. The monoisotopic (exact) mass is 451 g/mol. The van der Waals surface area contributed by atoms with Crippen molar-refractivity contribution in [3.05, 3.63) is 29.8 Å². The predicted octanol–water partition coefficient (Wildman–Crippen LogP) is 0.590. The number of nitrogens with one attached hydrogen (secondary N) is 1. The molecule has 10 nitrogen and oxygen atoms in total. The number of carbonyl (C=O) groups excluding carboxylic acids is 4. The lowest BCUT2D eigenvalue weighted by atomic mass is 10.0. The summed E-state index contributed by atoms with van der Waals surface area (Å²) >= 11 is 0. The lowest BCUT2D eigenvalue weighted by molar-refractivity contribution is -0.166. The highest BCUT2D eigenvalue weighted by atomic mass is 16.6. The minimum Gasteiger partial charge on any atom is -0.467 e. The third-order valence-corrected chi connectivity index (χ3v) is 4.48. The smallest absolute Gasteiger partial charge is 0.359 e. The minimum atomic E-state index is -1.54. The Labute approximate surface area is 187 Å². The highest BCUT2D eigenvalue weighted by Gasteiger charge is 2.32. The lowest BCUT2D eigenvalue weighted by Gasteiger charge is -2.19. The SMILES string of the molecule is CCCC[C@H](NC(=O)[C@@H](N)Cc1ccc(OC(C(=O)OCC)C(=O)OCC)cc1)C(N)=O. The molecule has 0 saturated carbocycles. The highest BCUT2D eigenvalue weighted by Crippen LogP contribution is 2.16. The van der Waals surface area contributed by atoms with E-state index in [1.807, 2.05) is 6.92 Å². The van der Waals surface area contributed by atoms with Crippen LogP contribution in [0.3, 0.4) is 0 Å². The van der Waals surface area contributed by atoms with E-state index in [2.05, 4.69) is 5.32 Å². The van der Waals surface area contributed by atoms with Crippen molar-refractivity contribution in [2.24, 2.45) is 11.5 Å². The number of amides is 2. The van der Waals surface area contributed by atoms with Crippen LogP contribution in [-0.4, -0.2) is 55.2 Å². The Bertz CT molecular complexity index is 749. The fraction of sp³-hybridized carbons (Fsp3) is 0.545. The highest BCUT2D eigenvalue weighted by molar-refractivity contribution is 5.98. The van der Waals surface area contributed by atoms with E-state index in [-0.39, 0.29) is 25.4 Å². The summed E-state index contributed by atoms with van der Waals surface area (Å²) in [6.45, 7) is 5.38. The van der Waals surface area contributed by atoms with E-state index in [1.165, 1.54) is 0 Å². The Balaban J connectivity index is 2.75. The molecular weight excluding hydrogens is 418 g/mol. The summed E-state index contributed by atoms with van der Waals surface area (Å²) < 4.78 is 15.2. The van der Waals surface area contributed by atoms with Crippen LogP contribution >= 0.6 is 0 Å². The van der Waals surface area contributed by atoms with Gasteiger partial charge in [0.15, 0.2) is 0 Å². The van der Waals surface area contributed by atoms with Crippen molar-refractivity contribution in [2.75, 3.05) is 13.2 Å². The second-order valence-corrected chi connectivity index (χ2v) is 7.06. The van der Waals surface area contributed by atoms with Crippen LogP contribution in [0.4, 0.5) is 0 Å². The van der Waals surface area contributed by atoms with Crippen molar-refractivity contribution in [1.82, 2.24) is 5.32 Å². The van der Waals surface area contributed by atoms with E-state index in [0.717, 1.165) is 12.8 Å². The Morgan fingerprint density at radius 3 is 2.00 bits per heavy atom. The molecule has 0 aliphatic rings. The average Bonchev–Trinajstić information content (AvgIpc) is 2.75. The molecule has 2 atom stereocenters. The fourth-order valence-electron chi connectivity index (χ4n) is 2.79. The maximum atomic E-state index is 12.3. The molecule has 1 aromatic rings. The molecule has 0 heterocycles. The largest absolute Gasteiger partial charge is 0.467 e. The van der Waals surface area contributed by atoms with Gasteiger partial charge in [-0.25, -0.2) is 9.59 Å². The summed E-state index contributed by atoms with van der Waals surface area (Å²) in [7, 11) is 0. The fourth-order valence-corrected chi connectivity index (χ4v) is 2.79. The Morgan fingerprint density at radius 2 is 1.53 bits per heavy atom. The molecule has 1 aromatic carbocycles. The number of rotatable bonds is 14. The lowest BCUT2D eigenvalue weighted by Crippen LogP contribution is -2.51. The van der Waals surface area contributed by atoms with Gasteiger partial charge in [-0.05, 0) is 44.4 Å². The van der Waals surface area contributed by atoms with Crippen LogP contribution in [0.1, 0.15) is 45.6 Å². The molecule has 178 valence electrons. The summed E-state index contributed by atoms with van der Waals surface area (Å²) in [5.74, 6) is -2.53. The van der Waals surface area contributed by atoms with Gasteiger partial charge < -0.3 is 31.0 Å². The molecule has 0 aliphatic carbocycles. The van der Waals surface area contributed by atoms with Gasteiger partial charge in [-0.3, -0.25) is 9.59 Å². The van der Waals surface area contributed by atoms with Gasteiger partial charge in [-0.1, -0.05) is 31.9 Å². The van der Waals surface area contributed by atoms with Crippen molar-refractivity contribution >= 4 is 23.8 Å². The minimum absolute atomic E-state index is 0.0893. The normalized spacial score (nSPS) is 12.5. The molecule has 0 radical (unpaired) electrons. The van der Waals surface area contributed by atoms with Crippen LogP contribution < -0.4 is 21.5 Å². The molecule has 0 aliphatic heterocycles. The molecule has 1 rings (SSSR count). The zero-order valence-corrected chi connectivity index (χ0v) is 18.8. The van der Waals surface area contributed by atoms with Crippen LogP contribution in [-0.2, 0) is 35.1 Å². The second-order valence-electron chi connectivity index (χ2n) is 7.06. The first-order chi connectivity index (χ1) is 15.2. The molecule has 2 amide bonds. The second kappa shape index (κ2) is 14.0. The van der Waals surface area contributed by atoms with Crippen LogP contribution in [0.15, 0.2) is 24.3 Å². The van der Waals surface area contributed by atoms with Crippen molar-refractivity contribution < 1.29 is 33.4 Å². The van der Waals surface area contributed by atoms with Gasteiger partial charge in [0.1, 0.15) is 11.8 Å². The molecule has 32 heavy (non-hydrogen) atoms. The van der Waals surface area contributed by atoms with E-state index in [4.69, 9.17) is 25.7 Å². The first-order valence-corrected chi connectivity index (χ1v) is 10.7. The van der Waals surface area contributed by atoms with E-state index in [1.54, 1.807) is 38.1 Å². The summed E-state index contributed by atoms with van der Waals surface area (Å²) in [5.41, 5.74) is 12.0. The third kappa shape index (κ3) is 8.93. The Kier molecular flexibility index (Phi) is 11.8. The zero-order valence-electron chi connectivity index (χ0n) is 18.8. The summed E-state index contributed by atoms with van der Waals surface area (Å²) in [4.78, 5) is 47.9. The van der Waals surface area contributed by atoms with Gasteiger partial charge in [0.05, 0.1) is 19.3 Å². The number of hydrogen-bond acceptors (Lipinski definition) is 8. The van der Waals surface area contributed by atoms with E-state index >= 15 is 0 Å².